The molecule has 0 spiro atoms. The summed E-state index contributed by atoms with van der Waals surface area (Å²) in [6.07, 6.45) is -3.05. The topological polar surface area (TPSA) is 26.3 Å². The van der Waals surface area contributed by atoms with Crippen LogP contribution in [0.3, 0.4) is 0 Å². The Morgan fingerprint density at radius 3 is 2.06 bits per heavy atom. The van der Waals surface area contributed by atoms with Gasteiger partial charge in [0.25, 0.3) is 0 Å². The SMILES string of the molecule is CC1(C)OC(c2ccc(C(F)(F)F)cc2)=CC1=O. The van der Waals surface area contributed by atoms with Crippen LogP contribution in [0.5, 0.6) is 0 Å². The van der Waals surface area contributed by atoms with E-state index in [1.165, 1.54) is 18.2 Å². The lowest BCUT2D eigenvalue weighted by atomic mass is 10.1. The average Bonchev–Trinajstić information content (AvgIpc) is 2.53. The fraction of sp³-hybridized carbons (Fsp3) is 0.308. The van der Waals surface area contributed by atoms with Gasteiger partial charge in [-0.15, -0.1) is 0 Å². The van der Waals surface area contributed by atoms with E-state index in [0.717, 1.165) is 12.1 Å². The third-order valence-electron chi connectivity index (χ3n) is 2.72. The molecule has 0 aromatic heterocycles. The average molecular weight is 256 g/mol. The molecule has 0 amide bonds. The molecule has 0 bridgehead atoms. The minimum Gasteiger partial charge on any atom is -0.479 e. The molecule has 2 rings (SSSR count). The van der Waals surface area contributed by atoms with Gasteiger partial charge in [0.1, 0.15) is 5.76 Å². The van der Waals surface area contributed by atoms with Gasteiger partial charge in [-0.25, -0.2) is 0 Å². The Bertz CT molecular complexity index is 510. The normalized spacial score (nSPS) is 18.5. The van der Waals surface area contributed by atoms with Crippen molar-refractivity contribution in [3.05, 3.63) is 41.5 Å². The van der Waals surface area contributed by atoms with E-state index in [2.05, 4.69) is 0 Å². The highest BCUT2D eigenvalue weighted by atomic mass is 19.4. The Hall–Kier alpha value is -1.78. The predicted molar refractivity (Wildman–Crippen MR) is 59.6 cm³/mol. The first kappa shape index (κ1) is 12.7. The van der Waals surface area contributed by atoms with Crippen molar-refractivity contribution >= 4 is 11.5 Å². The summed E-state index contributed by atoms with van der Waals surface area (Å²) in [5.74, 6) is 0.108. The van der Waals surface area contributed by atoms with E-state index < -0.39 is 17.3 Å². The molecular weight excluding hydrogens is 245 g/mol. The van der Waals surface area contributed by atoms with Gasteiger partial charge < -0.3 is 4.74 Å². The predicted octanol–water partition coefficient (Wildman–Crippen LogP) is 3.42. The second-order valence-corrected chi connectivity index (χ2v) is 4.56. The Morgan fingerprint density at radius 2 is 1.67 bits per heavy atom. The van der Waals surface area contributed by atoms with Gasteiger partial charge in [0, 0.05) is 11.6 Å². The van der Waals surface area contributed by atoms with Gasteiger partial charge in [-0.05, 0) is 26.0 Å². The van der Waals surface area contributed by atoms with Gasteiger partial charge in [-0.3, -0.25) is 4.79 Å². The molecule has 1 aliphatic heterocycles. The first-order valence-corrected chi connectivity index (χ1v) is 5.33. The molecule has 2 nitrogen and oxygen atoms in total. The van der Waals surface area contributed by atoms with Gasteiger partial charge in [0.15, 0.2) is 5.60 Å². The lowest BCUT2D eigenvalue weighted by Gasteiger charge is -2.18. The highest BCUT2D eigenvalue weighted by molar-refractivity contribution is 6.04. The fourth-order valence-corrected chi connectivity index (χ4v) is 1.61. The Kier molecular flexibility index (Phi) is 2.72. The number of halogens is 3. The number of ether oxygens (including phenoxy) is 1. The van der Waals surface area contributed by atoms with Crippen LogP contribution in [0.4, 0.5) is 13.2 Å². The number of benzene rings is 1. The van der Waals surface area contributed by atoms with Crippen molar-refractivity contribution in [3.63, 3.8) is 0 Å². The number of rotatable bonds is 1. The highest BCUT2D eigenvalue weighted by Crippen LogP contribution is 2.33. The van der Waals surface area contributed by atoms with Crippen molar-refractivity contribution in [1.29, 1.82) is 0 Å². The van der Waals surface area contributed by atoms with Gasteiger partial charge in [0.2, 0.25) is 5.78 Å². The number of carbonyl (C=O) groups excluding carboxylic acids is 1. The van der Waals surface area contributed by atoms with Crippen LogP contribution in [0.15, 0.2) is 30.3 Å². The van der Waals surface area contributed by atoms with Crippen LogP contribution < -0.4 is 0 Å². The minimum atomic E-state index is -4.36. The maximum Gasteiger partial charge on any atom is 0.416 e. The lowest BCUT2D eigenvalue weighted by Crippen LogP contribution is -2.27. The molecule has 18 heavy (non-hydrogen) atoms. The summed E-state index contributed by atoms with van der Waals surface area (Å²) in [5, 5.41) is 0. The molecular formula is C13H11F3O2. The maximum absolute atomic E-state index is 12.4. The van der Waals surface area contributed by atoms with Crippen LogP contribution >= 0.6 is 0 Å². The van der Waals surface area contributed by atoms with Gasteiger partial charge in [-0.2, -0.15) is 13.2 Å². The van der Waals surface area contributed by atoms with E-state index in [0.29, 0.717) is 11.3 Å². The summed E-state index contributed by atoms with van der Waals surface area (Å²) in [7, 11) is 0. The van der Waals surface area contributed by atoms with Crippen molar-refractivity contribution < 1.29 is 22.7 Å². The quantitative estimate of drug-likeness (QED) is 0.769. The second kappa shape index (κ2) is 3.86. The van der Waals surface area contributed by atoms with E-state index in [4.69, 9.17) is 4.74 Å². The highest BCUT2D eigenvalue weighted by Gasteiger charge is 2.36. The van der Waals surface area contributed by atoms with Crippen molar-refractivity contribution in [3.8, 4) is 0 Å². The van der Waals surface area contributed by atoms with Crippen molar-refractivity contribution in [1.82, 2.24) is 0 Å². The number of hydrogen-bond donors (Lipinski definition) is 0. The molecule has 0 fully saturated rings. The van der Waals surface area contributed by atoms with Crippen LogP contribution in [0.1, 0.15) is 25.0 Å². The summed E-state index contributed by atoms with van der Waals surface area (Å²) in [4.78, 5) is 11.5. The lowest BCUT2D eigenvalue weighted by molar-refractivity contribution is -0.137. The van der Waals surface area contributed by atoms with Crippen molar-refractivity contribution in [2.24, 2.45) is 0 Å². The zero-order valence-electron chi connectivity index (χ0n) is 9.84. The van der Waals surface area contributed by atoms with Crippen molar-refractivity contribution in [2.45, 2.75) is 25.6 Å². The molecule has 5 heteroatoms. The Balaban J connectivity index is 2.28. The number of alkyl halides is 3. The Morgan fingerprint density at radius 1 is 1.11 bits per heavy atom. The molecule has 0 radical (unpaired) electrons. The van der Waals surface area contributed by atoms with Crippen LogP contribution in [-0.4, -0.2) is 11.4 Å². The van der Waals surface area contributed by atoms with Crippen LogP contribution in [0.2, 0.25) is 0 Å². The summed E-state index contributed by atoms with van der Waals surface area (Å²) < 4.78 is 42.5. The molecule has 0 saturated heterocycles. The summed E-state index contributed by atoms with van der Waals surface area (Å²) in [6, 6.07) is 4.53. The number of hydrogen-bond acceptors (Lipinski definition) is 2. The second-order valence-electron chi connectivity index (χ2n) is 4.56. The molecule has 1 heterocycles. The van der Waals surface area contributed by atoms with E-state index in [1.807, 2.05) is 0 Å². The molecule has 1 aliphatic rings. The molecule has 1 aromatic carbocycles. The minimum absolute atomic E-state index is 0.197. The van der Waals surface area contributed by atoms with E-state index >= 15 is 0 Å². The first-order chi connectivity index (χ1) is 8.20. The van der Waals surface area contributed by atoms with Gasteiger partial charge in [-0.1, -0.05) is 12.1 Å². The standard InChI is InChI=1S/C13H11F3O2/c1-12(2)11(17)7-10(18-12)8-3-5-9(6-4-8)13(14,15)16/h3-7H,1-2H3. The first-order valence-electron chi connectivity index (χ1n) is 5.33. The zero-order chi connectivity index (χ0) is 13.6. The molecule has 96 valence electrons. The molecule has 0 N–H and O–H groups in total. The number of ketones is 1. The maximum atomic E-state index is 12.4. The van der Waals surface area contributed by atoms with Crippen LogP contribution in [-0.2, 0) is 15.7 Å². The van der Waals surface area contributed by atoms with E-state index in [9.17, 15) is 18.0 Å². The smallest absolute Gasteiger partial charge is 0.416 e. The fourth-order valence-electron chi connectivity index (χ4n) is 1.61. The van der Waals surface area contributed by atoms with Crippen molar-refractivity contribution in [2.75, 3.05) is 0 Å². The van der Waals surface area contributed by atoms with Crippen LogP contribution in [0.25, 0.3) is 5.76 Å². The summed E-state index contributed by atoms with van der Waals surface area (Å²) >= 11 is 0. The summed E-state index contributed by atoms with van der Waals surface area (Å²) in [6.45, 7) is 3.23. The molecule has 0 aliphatic carbocycles. The molecule has 1 aromatic rings. The largest absolute Gasteiger partial charge is 0.479 e. The third kappa shape index (κ3) is 2.25. The van der Waals surface area contributed by atoms with Gasteiger partial charge >= 0.3 is 6.18 Å². The molecule has 0 saturated carbocycles. The monoisotopic (exact) mass is 256 g/mol. The van der Waals surface area contributed by atoms with Crippen LogP contribution in [0, 0.1) is 0 Å². The summed E-state index contributed by atoms with van der Waals surface area (Å²) in [5.41, 5.74) is -1.21. The van der Waals surface area contributed by atoms with E-state index in [1.54, 1.807) is 13.8 Å². The Labute approximate surface area is 102 Å². The molecule has 0 unspecified atom stereocenters. The third-order valence-corrected chi connectivity index (χ3v) is 2.72. The van der Waals surface area contributed by atoms with E-state index in [-0.39, 0.29) is 5.78 Å². The number of carbonyl (C=O) groups is 1. The van der Waals surface area contributed by atoms with Gasteiger partial charge in [0.05, 0.1) is 5.56 Å². The zero-order valence-corrected chi connectivity index (χ0v) is 9.84. The molecule has 0 atom stereocenters.